The summed E-state index contributed by atoms with van der Waals surface area (Å²) in [7, 11) is 0. The Labute approximate surface area is 113 Å². The van der Waals surface area contributed by atoms with Crippen LogP contribution in [0.25, 0.3) is 0 Å². The highest BCUT2D eigenvalue weighted by molar-refractivity contribution is 5.93. The van der Waals surface area contributed by atoms with Gasteiger partial charge in [-0.05, 0) is 43.7 Å². The zero-order chi connectivity index (χ0) is 13.7. The highest BCUT2D eigenvalue weighted by Crippen LogP contribution is 2.25. The molecule has 0 unspecified atom stereocenters. The normalized spacial score (nSPS) is 23.1. The van der Waals surface area contributed by atoms with Gasteiger partial charge in [-0.2, -0.15) is 0 Å². The monoisotopic (exact) mass is 263 g/mol. The molecule has 1 heterocycles. The smallest absolute Gasteiger partial charge is 0.266 e. The first-order valence-corrected chi connectivity index (χ1v) is 6.76. The van der Waals surface area contributed by atoms with Gasteiger partial charge in [-0.15, -0.1) is 0 Å². The molecule has 1 amide bonds. The molecule has 0 aliphatic heterocycles. The Morgan fingerprint density at radius 2 is 2.16 bits per heavy atom. The van der Waals surface area contributed by atoms with E-state index >= 15 is 0 Å². The Balaban J connectivity index is 1.81. The minimum atomic E-state index is -0.332. The maximum Gasteiger partial charge on any atom is 0.266 e. The van der Waals surface area contributed by atoms with Gasteiger partial charge in [0.25, 0.3) is 5.91 Å². The zero-order valence-electron chi connectivity index (χ0n) is 11.3. The van der Waals surface area contributed by atoms with Crippen molar-refractivity contribution in [2.24, 2.45) is 11.8 Å². The number of rotatable bonds is 4. The minimum Gasteiger partial charge on any atom is -0.372 e. The van der Waals surface area contributed by atoms with Crippen molar-refractivity contribution in [2.45, 2.75) is 45.3 Å². The van der Waals surface area contributed by atoms with E-state index in [9.17, 15) is 4.79 Å². The molecule has 19 heavy (non-hydrogen) atoms. The van der Waals surface area contributed by atoms with Gasteiger partial charge in [0.05, 0.1) is 24.0 Å². The van der Waals surface area contributed by atoms with Crippen molar-refractivity contribution < 1.29 is 9.53 Å². The number of carbonyl (C=O) groups excluding carboxylic acids is 1. The predicted molar refractivity (Wildman–Crippen MR) is 72.1 cm³/mol. The van der Waals surface area contributed by atoms with E-state index in [0.717, 1.165) is 24.5 Å². The second kappa shape index (κ2) is 6.63. The Morgan fingerprint density at radius 1 is 1.42 bits per heavy atom. The molecule has 0 bridgehead atoms. The minimum absolute atomic E-state index is 0.332. The summed E-state index contributed by atoms with van der Waals surface area (Å²) in [5.41, 5.74) is 3.37. The SMILES string of the molecule is CC1CCC(OCc2ccc(C(=O)NN)cn2)CC1. The maximum atomic E-state index is 11.3. The summed E-state index contributed by atoms with van der Waals surface area (Å²) in [6.07, 6.45) is 6.62. The molecule has 1 saturated carbocycles. The number of nitrogens with two attached hydrogens (primary N) is 1. The molecule has 1 aromatic rings. The van der Waals surface area contributed by atoms with Crippen LogP contribution in [-0.4, -0.2) is 17.0 Å². The number of hydrogen-bond donors (Lipinski definition) is 2. The fourth-order valence-corrected chi connectivity index (χ4v) is 2.33. The molecule has 0 aromatic carbocycles. The first-order valence-electron chi connectivity index (χ1n) is 6.76. The lowest BCUT2D eigenvalue weighted by Gasteiger charge is -2.26. The number of hydrazine groups is 1. The van der Waals surface area contributed by atoms with Crippen LogP contribution in [0.1, 0.15) is 48.7 Å². The average molecular weight is 263 g/mol. The van der Waals surface area contributed by atoms with Gasteiger partial charge in [0, 0.05) is 6.20 Å². The van der Waals surface area contributed by atoms with Crippen LogP contribution >= 0.6 is 0 Å². The Bertz CT molecular complexity index is 411. The third-order valence-electron chi connectivity index (χ3n) is 3.65. The molecule has 1 aromatic heterocycles. The lowest BCUT2D eigenvalue weighted by atomic mass is 9.89. The fraction of sp³-hybridized carbons (Fsp3) is 0.571. The van der Waals surface area contributed by atoms with Crippen LogP contribution in [-0.2, 0) is 11.3 Å². The highest BCUT2D eigenvalue weighted by atomic mass is 16.5. The number of nitrogen functional groups attached to an aromatic ring is 1. The molecule has 5 nitrogen and oxygen atoms in total. The van der Waals surface area contributed by atoms with Crippen molar-refractivity contribution in [3.63, 3.8) is 0 Å². The second-order valence-electron chi connectivity index (χ2n) is 5.20. The lowest BCUT2D eigenvalue weighted by molar-refractivity contribution is 0.00727. The Morgan fingerprint density at radius 3 is 2.74 bits per heavy atom. The van der Waals surface area contributed by atoms with Crippen molar-refractivity contribution >= 4 is 5.91 Å². The molecule has 0 saturated heterocycles. The highest BCUT2D eigenvalue weighted by Gasteiger charge is 2.18. The van der Waals surface area contributed by atoms with E-state index in [0.29, 0.717) is 18.3 Å². The van der Waals surface area contributed by atoms with Crippen LogP contribution in [0, 0.1) is 5.92 Å². The molecule has 3 N–H and O–H groups in total. The lowest BCUT2D eigenvalue weighted by Crippen LogP contribution is -2.30. The number of ether oxygens (including phenoxy) is 1. The summed E-state index contributed by atoms with van der Waals surface area (Å²) in [6, 6.07) is 3.51. The predicted octanol–water partition coefficient (Wildman–Crippen LogP) is 1.78. The molecule has 2 rings (SSSR count). The van der Waals surface area contributed by atoms with Crippen molar-refractivity contribution in [3.8, 4) is 0 Å². The summed E-state index contributed by atoms with van der Waals surface area (Å²) in [5.74, 6) is 5.55. The number of nitrogens with zero attached hydrogens (tertiary/aromatic N) is 1. The van der Waals surface area contributed by atoms with Gasteiger partial charge in [-0.3, -0.25) is 15.2 Å². The summed E-state index contributed by atoms with van der Waals surface area (Å²) >= 11 is 0. The number of amides is 1. The van der Waals surface area contributed by atoms with Gasteiger partial charge in [0.15, 0.2) is 0 Å². The molecular weight excluding hydrogens is 242 g/mol. The van der Waals surface area contributed by atoms with E-state index < -0.39 is 0 Å². The molecule has 0 atom stereocenters. The van der Waals surface area contributed by atoms with Crippen LogP contribution in [0.3, 0.4) is 0 Å². The Kier molecular flexibility index (Phi) is 4.87. The van der Waals surface area contributed by atoms with Crippen LogP contribution in [0.5, 0.6) is 0 Å². The molecule has 0 spiro atoms. The first-order chi connectivity index (χ1) is 9.19. The van der Waals surface area contributed by atoms with Gasteiger partial charge in [-0.25, -0.2) is 5.84 Å². The molecule has 1 fully saturated rings. The zero-order valence-corrected chi connectivity index (χ0v) is 11.3. The third-order valence-corrected chi connectivity index (χ3v) is 3.65. The maximum absolute atomic E-state index is 11.3. The quantitative estimate of drug-likeness (QED) is 0.493. The number of hydrogen-bond acceptors (Lipinski definition) is 4. The third kappa shape index (κ3) is 4.01. The van der Waals surface area contributed by atoms with Crippen molar-refractivity contribution in [1.82, 2.24) is 10.4 Å². The largest absolute Gasteiger partial charge is 0.372 e. The van der Waals surface area contributed by atoms with Gasteiger partial charge in [0.1, 0.15) is 0 Å². The van der Waals surface area contributed by atoms with Crippen LogP contribution in [0.4, 0.5) is 0 Å². The molecular formula is C14H21N3O2. The Hall–Kier alpha value is -1.46. The van der Waals surface area contributed by atoms with E-state index in [1.54, 1.807) is 12.1 Å². The topological polar surface area (TPSA) is 77.2 Å². The second-order valence-corrected chi connectivity index (χ2v) is 5.20. The average Bonchev–Trinajstić information content (AvgIpc) is 2.46. The van der Waals surface area contributed by atoms with E-state index in [-0.39, 0.29) is 5.91 Å². The number of carbonyl (C=O) groups is 1. The van der Waals surface area contributed by atoms with Crippen molar-refractivity contribution in [3.05, 3.63) is 29.6 Å². The number of aromatic nitrogens is 1. The van der Waals surface area contributed by atoms with Gasteiger partial charge in [0.2, 0.25) is 0 Å². The number of pyridine rings is 1. The van der Waals surface area contributed by atoms with Gasteiger partial charge < -0.3 is 4.74 Å². The van der Waals surface area contributed by atoms with Crippen LogP contribution in [0.2, 0.25) is 0 Å². The van der Waals surface area contributed by atoms with Crippen LogP contribution in [0.15, 0.2) is 18.3 Å². The summed E-state index contributed by atoms with van der Waals surface area (Å²) in [6.45, 7) is 2.79. The van der Waals surface area contributed by atoms with Crippen molar-refractivity contribution in [2.75, 3.05) is 0 Å². The van der Waals surface area contributed by atoms with Crippen molar-refractivity contribution in [1.29, 1.82) is 0 Å². The molecule has 1 aliphatic carbocycles. The summed E-state index contributed by atoms with van der Waals surface area (Å²) in [4.78, 5) is 15.5. The molecule has 5 heteroatoms. The standard InChI is InChI=1S/C14H21N3O2/c1-10-2-6-13(7-3-10)19-9-12-5-4-11(8-16-12)14(18)17-15/h4-5,8,10,13H,2-3,6-7,9,15H2,1H3,(H,17,18). The van der Waals surface area contributed by atoms with Gasteiger partial charge in [-0.1, -0.05) is 6.92 Å². The summed E-state index contributed by atoms with van der Waals surface area (Å²) in [5, 5.41) is 0. The molecule has 1 aliphatic rings. The van der Waals surface area contributed by atoms with Gasteiger partial charge >= 0.3 is 0 Å². The molecule has 0 radical (unpaired) electrons. The summed E-state index contributed by atoms with van der Waals surface area (Å²) < 4.78 is 5.86. The number of nitrogens with one attached hydrogen (secondary N) is 1. The van der Waals surface area contributed by atoms with E-state index in [2.05, 4.69) is 17.3 Å². The van der Waals surface area contributed by atoms with E-state index in [1.165, 1.54) is 19.0 Å². The van der Waals surface area contributed by atoms with E-state index in [4.69, 9.17) is 10.6 Å². The fourth-order valence-electron chi connectivity index (χ4n) is 2.33. The van der Waals surface area contributed by atoms with Crippen LogP contribution < -0.4 is 11.3 Å². The molecule has 104 valence electrons. The first kappa shape index (κ1) is 14.0. The van der Waals surface area contributed by atoms with E-state index in [1.807, 2.05) is 0 Å².